The summed E-state index contributed by atoms with van der Waals surface area (Å²) in [7, 11) is 1.84. The third-order valence-electron chi connectivity index (χ3n) is 5.37. The highest BCUT2D eigenvalue weighted by atomic mass is 32.2. The highest BCUT2D eigenvalue weighted by molar-refractivity contribution is 8.01. The van der Waals surface area contributed by atoms with Crippen molar-refractivity contribution in [3.05, 3.63) is 46.4 Å². The number of anilines is 1. The van der Waals surface area contributed by atoms with Gasteiger partial charge in [0.1, 0.15) is 5.69 Å². The Morgan fingerprint density at radius 1 is 1.22 bits per heavy atom. The lowest BCUT2D eigenvalue weighted by atomic mass is 10.0. The zero-order chi connectivity index (χ0) is 19.4. The van der Waals surface area contributed by atoms with Crippen LogP contribution in [0.25, 0.3) is 5.69 Å². The number of rotatable bonds is 6. The van der Waals surface area contributed by atoms with E-state index in [1.54, 1.807) is 21.1 Å². The summed E-state index contributed by atoms with van der Waals surface area (Å²) in [6, 6.07) is 9.49. The lowest BCUT2D eigenvalue weighted by Gasteiger charge is -2.25. The zero-order valence-corrected chi connectivity index (χ0v) is 17.2. The van der Waals surface area contributed by atoms with Crippen LogP contribution in [0, 0.1) is 6.92 Å². The molecule has 5 nitrogen and oxygen atoms in total. The van der Waals surface area contributed by atoms with E-state index in [0.29, 0.717) is 10.9 Å². The molecule has 1 amide bonds. The SMILES string of the molecule is CCC(SC1CCCCC1)C(=O)Nc1c(C)n(C)n(-c2ccccc2)c1=O. The van der Waals surface area contributed by atoms with Gasteiger partial charge >= 0.3 is 0 Å². The molecule has 0 bridgehead atoms. The minimum Gasteiger partial charge on any atom is -0.319 e. The fourth-order valence-corrected chi connectivity index (χ4v) is 5.14. The molecule has 1 atom stereocenters. The molecular formula is C21H29N3O2S. The van der Waals surface area contributed by atoms with Crippen LogP contribution >= 0.6 is 11.8 Å². The second-order valence-electron chi connectivity index (χ2n) is 7.22. The number of amides is 1. The van der Waals surface area contributed by atoms with Crippen LogP contribution in [0.5, 0.6) is 0 Å². The van der Waals surface area contributed by atoms with Gasteiger partial charge in [-0.15, -0.1) is 11.8 Å². The second-order valence-corrected chi connectivity index (χ2v) is 8.73. The Morgan fingerprint density at radius 3 is 2.52 bits per heavy atom. The summed E-state index contributed by atoms with van der Waals surface area (Å²) in [5.74, 6) is -0.0564. The van der Waals surface area contributed by atoms with Crippen LogP contribution in [0.3, 0.4) is 0 Å². The molecule has 0 radical (unpaired) electrons. The summed E-state index contributed by atoms with van der Waals surface area (Å²) in [4.78, 5) is 25.9. The van der Waals surface area contributed by atoms with Gasteiger partial charge in [-0.3, -0.25) is 14.3 Å². The summed E-state index contributed by atoms with van der Waals surface area (Å²) in [6.07, 6.45) is 6.98. The molecule has 3 rings (SSSR count). The Morgan fingerprint density at radius 2 is 1.89 bits per heavy atom. The molecule has 1 aliphatic carbocycles. The van der Waals surface area contributed by atoms with E-state index >= 15 is 0 Å². The zero-order valence-electron chi connectivity index (χ0n) is 16.4. The van der Waals surface area contributed by atoms with E-state index in [9.17, 15) is 9.59 Å². The molecule has 0 saturated heterocycles. The smallest absolute Gasteiger partial charge is 0.295 e. The molecule has 1 N–H and O–H groups in total. The van der Waals surface area contributed by atoms with Crippen molar-refractivity contribution in [2.24, 2.45) is 7.05 Å². The molecule has 1 unspecified atom stereocenters. The summed E-state index contributed by atoms with van der Waals surface area (Å²) in [5, 5.41) is 3.38. The number of carbonyl (C=O) groups excluding carboxylic acids is 1. The molecule has 0 spiro atoms. The van der Waals surface area contributed by atoms with Gasteiger partial charge in [-0.2, -0.15) is 0 Å². The molecular weight excluding hydrogens is 358 g/mol. The van der Waals surface area contributed by atoms with Crippen LogP contribution in [0.1, 0.15) is 51.1 Å². The molecule has 0 aliphatic heterocycles. The van der Waals surface area contributed by atoms with E-state index in [0.717, 1.165) is 17.8 Å². The minimum atomic E-state index is -0.188. The third kappa shape index (κ3) is 4.32. The van der Waals surface area contributed by atoms with Crippen molar-refractivity contribution in [2.45, 2.75) is 62.9 Å². The maximum Gasteiger partial charge on any atom is 0.295 e. The normalized spacial score (nSPS) is 16.3. The number of hydrogen-bond acceptors (Lipinski definition) is 3. The van der Waals surface area contributed by atoms with Crippen molar-refractivity contribution in [1.29, 1.82) is 0 Å². The molecule has 1 fully saturated rings. The van der Waals surface area contributed by atoms with Gasteiger partial charge in [-0.1, -0.05) is 44.4 Å². The van der Waals surface area contributed by atoms with Gasteiger partial charge in [-0.05, 0) is 38.3 Å². The molecule has 1 saturated carbocycles. The first-order valence-electron chi connectivity index (χ1n) is 9.83. The quantitative estimate of drug-likeness (QED) is 0.805. The van der Waals surface area contributed by atoms with Crippen molar-refractivity contribution >= 4 is 23.4 Å². The van der Waals surface area contributed by atoms with Gasteiger partial charge in [-0.25, -0.2) is 4.68 Å². The maximum absolute atomic E-state index is 13.0. The standard InChI is InChI=1S/C21H29N3O2S/c1-4-18(27-17-13-9-6-10-14-17)20(25)22-19-15(2)23(3)24(21(19)26)16-11-7-5-8-12-16/h5,7-8,11-12,17-18H,4,6,9-10,13-14H2,1-3H3,(H,22,25). The highest BCUT2D eigenvalue weighted by Crippen LogP contribution is 2.32. The second kappa shape index (κ2) is 8.83. The third-order valence-corrected chi connectivity index (χ3v) is 7.11. The van der Waals surface area contributed by atoms with Crippen molar-refractivity contribution < 1.29 is 4.79 Å². The molecule has 27 heavy (non-hydrogen) atoms. The predicted octanol–water partition coefficient (Wildman–Crippen LogP) is 4.27. The highest BCUT2D eigenvalue weighted by Gasteiger charge is 2.26. The lowest BCUT2D eigenvalue weighted by Crippen LogP contribution is -2.30. The summed E-state index contributed by atoms with van der Waals surface area (Å²) in [5.41, 5.74) is 1.74. The molecule has 146 valence electrons. The van der Waals surface area contributed by atoms with E-state index in [-0.39, 0.29) is 16.7 Å². The van der Waals surface area contributed by atoms with E-state index in [1.807, 2.05) is 51.2 Å². The van der Waals surface area contributed by atoms with Crippen LogP contribution in [0.15, 0.2) is 35.1 Å². The summed E-state index contributed by atoms with van der Waals surface area (Å²) >= 11 is 1.78. The number of benzene rings is 1. The van der Waals surface area contributed by atoms with Gasteiger partial charge in [0.15, 0.2) is 0 Å². The molecule has 1 aromatic carbocycles. The van der Waals surface area contributed by atoms with Crippen molar-refractivity contribution in [1.82, 2.24) is 9.36 Å². The average molecular weight is 388 g/mol. The molecule has 2 aromatic rings. The Kier molecular flexibility index (Phi) is 6.47. The van der Waals surface area contributed by atoms with Crippen molar-refractivity contribution in [3.63, 3.8) is 0 Å². The number of carbonyl (C=O) groups is 1. The summed E-state index contributed by atoms with van der Waals surface area (Å²) < 4.78 is 3.39. The van der Waals surface area contributed by atoms with E-state index in [1.165, 1.54) is 32.1 Å². The van der Waals surface area contributed by atoms with Crippen molar-refractivity contribution in [2.75, 3.05) is 5.32 Å². The Labute approximate surface area is 165 Å². The topological polar surface area (TPSA) is 56.0 Å². The molecule has 1 aliphatic rings. The minimum absolute atomic E-state index is 0.0564. The Balaban J connectivity index is 1.80. The molecule has 6 heteroatoms. The number of nitrogens with one attached hydrogen (secondary N) is 1. The first-order chi connectivity index (χ1) is 13.0. The maximum atomic E-state index is 13.0. The number of thioether (sulfide) groups is 1. The van der Waals surface area contributed by atoms with E-state index < -0.39 is 0 Å². The number of nitrogens with zero attached hydrogens (tertiary/aromatic N) is 2. The first-order valence-corrected chi connectivity index (χ1v) is 10.8. The predicted molar refractivity (Wildman–Crippen MR) is 113 cm³/mol. The van der Waals surface area contributed by atoms with E-state index in [4.69, 9.17) is 0 Å². The van der Waals surface area contributed by atoms with Gasteiger partial charge in [0.2, 0.25) is 5.91 Å². The van der Waals surface area contributed by atoms with Gasteiger partial charge in [0.05, 0.1) is 16.6 Å². The Bertz CT molecular complexity index is 835. The monoisotopic (exact) mass is 387 g/mol. The molecule has 1 heterocycles. The average Bonchev–Trinajstić information content (AvgIpc) is 2.90. The Hall–Kier alpha value is -1.95. The molecule has 1 aromatic heterocycles. The first kappa shape index (κ1) is 19.8. The van der Waals surface area contributed by atoms with Crippen LogP contribution in [0.4, 0.5) is 5.69 Å². The lowest BCUT2D eigenvalue weighted by molar-refractivity contribution is -0.115. The van der Waals surface area contributed by atoms with Crippen LogP contribution in [0.2, 0.25) is 0 Å². The number of hydrogen-bond donors (Lipinski definition) is 1. The van der Waals surface area contributed by atoms with Crippen LogP contribution < -0.4 is 10.9 Å². The fourth-order valence-electron chi connectivity index (χ4n) is 3.69. The van der Waals surface area contributed by atoms with Crippen molar-refractivity contribution in [3.8, 4) is 5.69 Å². The van der Waals surface area contributed by atoms with Gasteiger partial charge in [0, 0.05) is 12.3 Å². The number of aromatic nitrogens is 2. The number of para-hydroxylation sites is 1. The largest absolute Gasteiger partial charge is 0.319 e. The van der Waals surface area contributed by atoms with Gasteiger partial charge in [0.25, 0.3) is 5.56 Å². The van der Waals surface area contributed by atoms with E-state index in [2.05, 4.69) is 5.32 Å². The van der Waals surface area contributed by atoms with Gasteiger partial charge < -0.3 is 5.32 Å². The fraction of sp³-hybridized carbons (Fsp3) is 0.524. The van der Waals surface area contributed by atoms with Crippen LogP contribution in [-0.4, -0.2) is 25.8 Å². The summed E-state index contributed by atoms with van der Waals surface area (Å²) in [6.45, 7) is 3.91. The van der Waals surface area contributed by atoms with Crippen LogP contribution in [-0.2, 0) is 11.8 Å².